The van der Waals surface area contributed by atoms with Crippen LogP contribution in [0.2, 0.25) is 0 Å². The van der Waals surface area contributed by atoms with Gasteiger partial charge < -0.3 is 10.2 Å². The summed E-state index contributed by atoms with van der Waals surface area (Å²) >= 11 is 0. The second-order valence-electron chi connectivity index (χ2n) is 12.6. The van der Waals surface area contributed by atoms with E-state index in [1.165, 1.54) is 51.4 Å². The summed E-state index contributed by atoms with van der Waals surface area (Å²) in [6.45, 7) is 11.6. The molecule has 4 rings (SSSR count). The minimum atomic E-state index is -0.421. The van der Waals surface area contributed by atoms with E-state index in [0.29, 0.717) is 16.7 Å². The van der Waals surface area contributed by atoms with Crippen molar-refractivity contribution in [1.29, 1.82) is 0 Å². The molecule has 0 saturated heterocycles. The molecule has 0 aromatic rings. The molecule has 4 aliphatic rings. The van der Waals surface area contributed by atoms with Crippen LogP contribution in [0.3, 0.4) is 0 Å². The Morgan fingerprint density at radius 2 is 1.57 bits per heavy atom. The lowest BCUT2D eigenvalue weighted by Gasteiger charge is -2.62. The number of hydrogen-bond acceptors (Lipinski definition) is 2. The lowest BCUT2D eigenvalue weighted by atomic mass is 9.44. The van der Waals surface area contributed by atoms with Gasteiger partial charge in [0.1, 0.15) is 0 Å². The van der Waals surface area contributed by atoms with Crippen LogP contribution in [0, 0.1) is 46.3 Å². The molecule has 4 fully saturated rings. The van der Waals surface area contributed by atoms with Crippen LogP contribution in [0.4, 0.5) is 0 Å². The van der Waals surface area contributed by atoms with Crippen LogP contribution in [0.15, 0.2) is 0 Å². The summed E-state index contributed by atoms with van der Waals surface area (Å²) < 4.78 is 0. The fourth-order valence-electron chi connectivity index (χ4n) is 8.72. The van der Waals surface area contributed by atoms with Crippen LogP contribution < -0.4 is 0 Å². The Morgan fingerprint density at radius 1 is 0.857 bits per heavy atom. The third kappa shape index (κ3) is 3.39. The third-order valence-electron chi connectivity index (χ3n) is 10.7. The lowest BCUT2D eigenvalue weighted by molar-refractivity contribution is -0.146. The van der Waals surface area contributed by atoms with Gasteiger partial charge in [-0.25, -0.2) is 0 Å². The number of hydrogen-bond donors (Lipinski definition) is 2. The van der Waals surface area contributed by atoms with Crippen molar-refractivity contribution in [2.45, 2.75) is 117 Å². The highest BCUT2D eigenvalue weighted by Crippen LogP contribution is 2.68. The standard InChI is InChI=1S/C26H46O2/c1-17(2)23(27)11-8-18-7-10-21-20-9-6-19-16-24(3,28)14-15-26(19,5)22(20)12-13-25(18,21)4/h17-23,27-28H,6-16H2,1-5H3/t18-,19+,20?,21?,22?,23?,24+,25-,26+/m1/s1. The van der Waals surface area contributed by atoms with Crippen molar-refractivity contribution in [3.63, 3.8) is 0 Å². The Balaban J connectivity index is 1.48. The number of fused-ring (bicyclic) bond motifs is 5. The van der Waals surface area contributed by atoms with E-state index in [4.69, 9.17) is 0 Å². The van der Waals surface area contributed by atoms with Crippen molar-refractivity contribution in [3.05, 3.63) is 0 Å². The predicted octanol–water partition coefficient (Wildman–Crippen LogP) is 6.19. The summed E-state index contributed by atoms with van der Waals surface area (Å²) in [7, 11) is 0. The molecule has 28 heavy (non-hydrogen) atoms. The second kappa shape index (κ2) is 7.26. The summed E-state index contributed by atoms with van der Waals surface area (Å²) in [5, 5.41) is 21.0. The van der Waals surface area contributed by atoms with Crippen LogP contribution in [0.1, 0.15) is 105 Å². The Hall–Kier alpha value is -0.0800. The first kappa shape index (κ1) is 21.2. The molecule has 2 nitrogen and oxygen atoms in total. The minimum Gasteiger partial charge on any atom is -0.393 e. The first-order valence-corrected chi connectivity index (χ1v) is 12.5. The molecular formula is C26H46O2. The molecule has 0 heterocycles. The molecule has 9 atom stereocenters. The van der Waals surface area contributed by atoms with E-state index < -0.39 is 5.60 Å². The molecule has 4 unspecified atom stereocenters. The average molecular weight is 391 g/mol. The highest BCUT2D eigenvalue weighted by molar-refractivity contribution is 5.10. The maximum absolute atomic E-state index is 10.7. The van der Waals surface area contributed by atoms with Crippen LogP contribution in [0.5, 0.6) is 0 Å². The summed E-state index contributed by atoms with van der Waals surface area (Å²) in [5.41, 5.74) is 0.565. The maximum Gasteiger partial charge on any atom is 0.0622 e. The van der Waals surface area contributed by atoms with Gasteiger partial charge in [0.05, 0.1) is 11.7 Å². The van der Waals surface area contributed by atoms with Crippen molar-refractivity contribution < 1.29 is 10.2 Å². The monoisotopic (exact) mass is 390 g/mol. The van der Waals surface area contributed by atoms with Crippen molar-refractivity contribution >= 4 is 0 Å². The normalized spacial score (nSPS) is 52.1. The maximum atomic E-state index is 10.7. The van der Waals surface area contributed by atoms with Crippen molar-refractivity contribution in [3.8, 4) is 0 Å². The lowest BCUT2D eigenvalue weighted by Crippen LogP contribution is -2.55. The SMILES string of the molecule is CC(C)C(O)CC[C@H]1CCC2C3CC[C@H]4C[C@@](C)(O)CC[C@]4(C)C3CC[C@@]21C. The molecule has 0 aromatic carbocycles. The van der Waals surface area contributed by atoms with E-state index >= 15 is 0 Å². The van der Waals surface area contributed by atoms with Gasteiger partial charge >= 0.3 is 0 Å². The molecule has 0 spiro atoms. The fraction of sp³-hybridized carbons (Fsp3) is 1.00. The molecule has 4 aliphatic carbocycles. The highest BCUT2D eigenvalue weighted by Gasteiger charge is 2.60. The topological polar surface area (TPSA) is 40.5 Å². The molecule has 4 saturated carbocycles. The Bertz CT molecular complexity index is 569. The van der Waals surface area contributed by atoms with E-state index in [-0.39, 0.29) is 6.10 Å². The van der Waals surface area contributed by atoms with Gasteiger partial charge in [0.25, 0.3) is 0 Å². The van der Waals surface area contributed by atoms with Gasteiger partial charge in [-0.1, -0.05) is 27.7 Å². The van der Waals surface area contributed by atoms with Gasteiger partial charge in [-0.05, 0) is 124 Å². The largest absolute Gasteiger partial charge is 0.393 e. The summed E-state index contributed by atoms with van der Waals surface area (Å²) in [4.78, 5) is 0. The summed E-state index contributed by atoms with van der Waals surface area (Å²) in [6.07, 6.45) is 13.8. The first-order valence-electron chi connectivity index (χ1n) is 12.5. The summed E-state index contributed by atoms with van der Waals surface area (Å²) in [6, 6.07) is 0. The number of aliphatic hydroxyl groups excluding tert-OH is 1. The van der Waals surface area contributed by atoms with Crippen molar-refractivity contribution in [2.75, 3.05) is 0 Å². The molecule has 162 valence electrons. The van der Waals surface area contributed by atoms with E-state index in [9.17, 15) is 10.2 Å². The van der Waals surface area contributed by atoms with Crippen molar-refractivity contribution in [1.82, 2.24) is 0 Å². The van der Waals surface area contributed by atoms with E-state index in [1.807, 2.05) is 0 Å². The van der Waals surface area contributed by atoms with Gasteiger partial charge in [-0.2, -0.15) is 0 Å². The second-order valence-corrected chi connectivity index (χ2v) is 12.6. The minimum absolute atomic E-state index is 0.122. The molecule has 0 bridgehead atoms. The number of aliphatic hydroxyl groups is 2. The Labute approximate surface area is 173 Å². The highest BCUT2D eigenvalue weighted by atomic mass is 16.3. The molecule has 0 aromatic heterocycles. The third-order valence-corrected chi connectivity index (χ3v) is 10.7. The first-order chi connectivity index (χ1) is 13.1. The van der Waals surface area contributed by atoms with Crippen LogP contribution in [-0.4, -0.2) is 21.9 Å². The average Bonchev–Trinajstić information content (AvgIpc) is 2.96. The molecule has 0 amide bonds. The zero-order valence-electron chi connectivity index (χ0n) is 19.2. The fourth-order valence-corrected chi connectivity index (χ4v) is 8.72. The Kier molecular flexibility index (Phi) is 5.49. The molecule has 2 N–H and O–H groups in total. The molecule has 2 heteroatoms. The molecule has 0 radical (unpaired) electrons. The van der Waals surface area contributed by atoms with Gasteiger partial charge in [0.15, 0.2) is 0 Å². The predicted molar refractivity (Wildman–Crippen MR) is 116 cm³/mol. The zero-order chi connectivity index (χ0) is 20.3. The summed E-state index contributed by atoms with van der Waals surface area (Å²) in [5.74, 6) is 4.67. The van der Waals surface area contributed by atoms with E-state index in [2.05, 4.69) is 34.6 Å². The van der Waals surface area contributed by atoms with Crippen LogP contribution >= 0.6 is 0 Å². The Morgan fingerprint density at radius 3 is 2.29 bits per heavy atom. The van der Waals surface area contributed by atoms with Crippen LogP contribution in [0.25, 0.3) is 0 Å². The van der Waals surface area contributed by atoms with Gasteiger partial charge in [-0.15, -0.1) is 0 Å². The van der Waals surface area contributed by atoms with Crippen LogP contribution in [-0.2, 0) is 0 Å². The van der Waals surface area contributed by atoms with Gasteiger partial charge in [-0.3, -0.25) is 0 Å². The van der Waals surface area contributed by atoms with E-state index in [1.54, 1.807) is 0 Å². The molecule has 0 aliphatic heterocycles. The number of rotatable bonds is 4. The van der Waals surface area contributed by atoms with Gasteiger partial charge in [0.2, 0.25) is 0 Å². The zero-order valence-corrected chi connectivity index (χ0v) is 19.2. The molecular weight excluding hydrogens is 344 g/mol. The quantitative estimate of drug-likeness (QED) is 0.600. The van der Waals surface area contributed by atoms with Gasteiger partial charge in [0, 0.05) is 0 Å². The van der Waals surface area contributed by atoms with Crippen molar-refractivity contribution in [2.24, 2.45) is 46.3 Å². The smallest absolute Gasteiger partial charge is 0.0622 e. The van der Waals surface area contributed by atoms with E-state index in [0.717, 1.165) is 48.9 Å².